The number of hydrogen-bond donors (Lipinski definition) is 1. The predicted molar refractivity (Wildman–Crippen MR) is 213 cm³/mol. The minimum atomic E-state index is -3.75. The summed E-state index contributed by atoms with van der Waals surface area (Å²) in [4.78, 5) is 15.4. The monoisotopic (exact) mass is 793 g/mol. The third kappa shape index (κ3) is 14.5. The van der Waals surface area contributed by atoms with Crippen molar-refractivity contribution in [2.24, 2.45) is 0 Å². The Balaban J connectivity index is 1.77. The standard InChI is InChI=1S/C39H57ClNO8PSSi/c1-37(2,3)49-36(42)41-39(24-25-47-50(43,44-7)45-8,29-48-52(9,10)38(4,5)6)23-15-18-31-21-22-34(27-35(31)40)51-33-20-14-19-32(26-33)46-28-30-16-12-11-13-17-30/h11-14,16-17,19-22,26-27H,15,18,23-25,28-29H2,1-10H3,(H,41,42). The zero-order valence-corrected chi connectivity index (χ0v) is 35.8. The van der Waals surface area contributed by atoms with Gasteiger partial charge in [0.15, 0.2) is 8.32 Å². The molecule has 9 nitrogen and oxygen atoms in total. The highest BCUT2D eigenvalue weighted by Gasteiger charge is 2.42. The summed E-state index contributed by atoms with van der Waals surface area (Å²) in [7, 11) is -3.46. The van der Waals surface area contributed by atoms with Crippen LogP contribution in [0.3, 0.4) is 0 Å². The maximum Gasteiger partial charge on any atom is 0.474 e. The first kappa shape index (κ1) is 44.1. The number of aryl methyl sites for hydroxylation is 1. The largest absolute Gasteiger partial charge is 0.489 e. The Labute approximate surface area is 321 Å². The second-order valence-electron chi connectivity index (χ2n) is 15.3. The van der Waals surface area contributed by atoms with Crippen molar-refractivity contribution < 1.29 is 36.8 Å². The molecule has 3 rings (SSSR count). The van der Waals surface area contributed by atoms with Crippen LogP contribution in [-0.4, -0.2) is 53.0 Å². The SMILES string of the molecule is COP(=O)(OC)OCCC(CCCc1ccc(Sc2cccc(OCc3ccccc3)c2)cc1Cl)(CO[Si](C)(C)C(C)(C)C)NC(=O)OC(C)(C)C. The second-order valence-corrected chi connectivity index (χ2v) is 23.6. The molecule has 3 aromatic rings. The van der Waals surface area contributed by atoms with Gasteiger partial charge in [0.2, 0.25) is 0 Å². The van der Waals surface area contributed by atoms with E-state index in [2.05, 4.69) is 45.2 Å². The molecule has 0 fully saturated rings. The Morgan fingerprint density at radius 1 is 0.885 bits per heavy atom. The first-order chi connectivity index (χ1) is 24.3. The molecular weight excluding hydrogens is 737 g/mol. The number of amides is 1. The van der Waals surface area contributed by atoms with E-state index >= 15 is 0 Å². The molecule has 1 amide bonds. The number of halogens is 1. The Morgan fingerprint density at radius 2 is 1.56 bits per heavy atom. The van der Waals surface area contributed by atoms with E-state index in [1.54, 1.807) is 11.8 Å². The number of hydrogen-bond acceptors (Lipinski definition) is 9. The molecule has 0 saturated heterocycles. The second kappa shape index (κ2) is 19.3. The lowest BCUT2D eigenvalue weighted by Gasteiger charge is -2.42. The highest BCUT2D eigenvalue weighted by atomic mass is 35.5. The van der Waals surface area contributed by atoms with E-state index in [9.17, 15) is 9.36 Å². The molecule has 0 saturated carbocycles. The summed E-state index contributed by atoms with van der Waals surface area (Å²) in [5.74, 6) is 0.801. The van der Waals surface area contributed by atoms with E-state index in [1.807, 2.05) is 87.5 Å². The van der Waals surface area contributed by atoms with Crippen molar-refractivity contribution in [3.05, 3.63) is 88.9 Å². The number of rotatable bonds is 19. The topological polar surface area (TPSA) is 102 Å². The van der Waals surface area contributed by atoms with Gasteiger partial charge in [-0.2, -0.15) is 0 Å². The molecule has 1 unspecified atom stereocenters. The minimum Gasteiger partial charge on any atom is -0.489 e. The summed E-state index contributed by atoms with van der Waals surface area (Å²) in [6.45, 7) is 17.0. The van der Waals surface area contributed by atoms with E-state index in [-0.39, 0.29) is 24.7 Å². The van der Waals surface area contributed by atoms with Gasteiger partial charge in [-0.3, -0.25) is 13.6 Å². The van der Waals surface area contributed by atoms with Crippen LogP contribution in [0.4, 0.5) is 4.79 Å². The lowest BCUT2D eigenvalue weighted by atomic mass is 9.89. The third-order valence-corrected chi connectivity index (χ3v) is 16.2. The molecule has 1 atom stereocenters. The number of carbonyl (C=O) groups excluding carboxylic acids is 1. The van der Waals surface area contributed by atoms with E-state index in [4.69, 9.17) is 39.1 Å². The van der Waals surface area contributed by atoms with Crippen LogP contribution < -0.4 is 10.1 Å². The van der Waals surface area contributed by atoms with E-state index in [0.717, 1.165) is 26.7 Å². The Kier molecular flexibility index (Phi) is 16.4. The Hall–Kier alpha value is -2.34. The van der Waals surface area contributed by atoms with Crippen molar-refractivity contribution in [2.75, 3.05) is 27.4 Å². The molecule has 3 aromatic carbocycles. The van der Waals surface area contributed by atoms with E-state index in [1.165, 1.54) is 14.2 Å². The van der Waals surface area contributed by atoms with Gasteiger partial charge in [0, 0.05) is 29.0 Å². The van der Waals surface area contributed by atoms with Crippen LogP contribution in [-0.2, 0) is 40.3 Å². The fourth-order valence-electron chi connectivity index (χ4n) is 4.93. The molecular formula is C39H57ClNO8PSSi. The van der Waals surface area contributed by atoms with Crippen LogP contribution in [0, 0.1) is 0 Å². The molecule has 13 heteroatoms. The number of ether oxygens (including phenoxy) is 2. The molecule has 52 heavy (non-hydrogen) atoms. The van der Waals surface area contributed by atoms with Crippen molar-refractivity contribution in [2.45, 2.75) is 113 Å². The predicted octanol–water partition coefficient (Wildman–Crippen LogP) is 11.5. The summed E-state index contributed by atoms with van der Waals surface area (Å²) in [6, 6.07) is 24.2. The molecule has 288 valence electrons. The van der Waals surface area contributed by atoms with Crippen molar-refractivity contribution in [1.29, 1.82) is 0 Å². The van der Waals surface area contributed by atoms with Crippen LogP contribution >= 0.6 is 31.2 Å². The number of phosphoric ester groups is 1. The first-order valence-electron chi connectivity index (χ1n) is 17.5. The summed E-state index contributed by atoms with van der Waals surface area (Å²) in [5.41, 5.74) is 0.473. The van der Waals surface area contributed by atoms with Gasteiger partial charge < -0.3 is 19.2 Å². The molecule has 0 aliphatic heterocycles. The van der Waals surface area contributed by atoms with Crippen molar-refractivity contribution >= 4 is 45.6 Å². The van der Waals surface area contributed by atoms with Crippen LogP contribution in [0.1, 0.15) is 71.9 Å². The van der Waals surface area contributed by atoms with Crippen molar-refractivity contribution in [3.8, 4) is 5.75 Å². The highest BCUT2D eigenvalue weighted by Crippen LogP contribution is 2.48. The summed E-state index contributed by atoms with van der Waals surface area (Å²) in [6.07, 6.45) is 1.53. The van der Waals surface area contributed by atoms with Crippen LogP contribution in [0.2, 0.25) is 23.2 Å². The van der Waals surface area contributed by atoms with E-state index in [0.29, 0.717) is 30.9 Å². The summed E-state index contributed by atoms with van der Waals surface area (Å²) < 4.78 is 46.8. The third-order valence-electron chi connectivity index (χ3n) is 8.97. The number of benzene rings is 3. The molecule has 0 spiro atoms. The van der Waals surface area contributed by atoms with Crippen LogP contribution in [0.25, 0.3) is 0 Å². The van der Waals surface area contributed by atoms with Gasteiger partial charge in [-0.1, -0.05) is 86.6 Å². The number of alkyl carbamates (subject to hydrolysis) is 1. The van der Waals surface area contributed by atoms with Gasteiger partial charge in [-0.15, -0.1) is 0 Å². The average Bonchev–Trinajstić information content (AvgIpc) is 3.06. The van der Waals surface area contributed by atoms with E-state index < -0.39 is 33.4 Å². The quantitative estimate of drug-likeness (QED) is 0.0938. The van der Waals surface area contributed by atoms with Crippen LogP contribution in [0.15, 0.2) is 82.6 Å². The maximum atomic E-state index is 13.3. The van der Waals surface area contributed by atoms with Crippen molar-refractivity contribution in [1.82, 2.24) is 5.32 Å². The smallest absolute Gasteiger partial charge is 0.474 e. The minimum absolute atomic E-state index is 0.0131. The zero-order valence-electron chi connectivity index (χ0n) is 32.4. The Bertz CT molecular complexity index is 1620. The average molecular weight is 794 g/mol. The summed E-state index contributed by atoms with van der Waals surface area (Å²) in [5, 5.41) is 3.73. The number of carbonyl (C=O) groups is 1. The van der Waals surface area contributed by atoms with Crippen LogP contribution in [0.5, 0.6) is 5.75 Å². The van der Waals surface area contributed by atoms with Gasteiger partial charge in [0.05, 0.1) is 18.8 Å². The van der Waals surface area contributed by atoms with Gasteiger partial charge in [0.25, 0.3) is 0 Å². The van der Waals surface area contributed by atoms with Gasteiger partial charge in [0.1, 0.15) is 18.0 Å². The fraction of sp³-hybridized carbons (Fsp3) is 0.513. The van der Waals surface area contributed by atoms with Gasteiger partial charge in [-0.25, -0.2) is 9.36 Å². The number of nitrogens with one attached hydrogen (secondary N) is 1. The maximum absolute atomic E-state index is 13.3. The lowest BCUT2D eigenvalue weighted by Crippen LogP contribution is -2.56. The molecule has 0 radical (unpaired) electrons. The number of phosphoric acid groups is 1. The first-order valence-corrected chi connectivity index (χ1v) is 23.1. The van der Waals surface area contributed by atoms with Gasteiger partial charge >= 0.3 is 13.9 Å². The Morgan fingerprint density at radius 3 is 2.17 bits per heavy atom. The lowest BCUT2D eigenvalue weighted by molar-refractivity contribution is 0.0351. The molecule has 0 aromatic heterocycles. The van der Waals surface area contributed by atoms with Gasteiger partial charge in [-0.05, 0) is 106 Å². The summed E-state index contributed by atoms with van der Waals surface area (Å²) >= 11 is 8.48. The fourth-order valence-corrected chi connectivity index (χ4v) is 7.93. The zero-order chi connectivity index (χ0) is 38.6. The molecule has 0 heterocycles. The van der Waals surface area contributed by atoms with Crippen molar-refractivity contribution in [3.63, 3.8) is 0 Å². The molecule has 0 aliphatic carbocycles. The normalized spacial score (nSPS) is 13.8. The molecule has 0 bridgehead atoms. The molecule has 0 aliphatic rings. The molecule has 1 N–H and O–H groups in total. The highest BCUT2D eigenvalue weighted by molar-refractivity contribution is 7.99.